The molecule has 0 aliphatic carbocycles. The van der Waals surface area contributed by atoms with Gasteiger partial charge in [-0.15, -0.1) is 0 Å². The van der Waals surface area contributed by atoms with E-state index in [2.05, 4.69) is 20.6 Å². The monoisotopic (exact) mass is 256 g/mol. The molecule has 0 aliphatic heterocycles. The highest BCUT2D eigenvalue weighted by molar-refractivity contribution is 6.29. The lowest BCUT2D eigenvalue weighted by Gasteiger charge is -2.11. The molecule has 1 aromatic heterocycles. The minimum atomic E-state index is -0.141. The number of carbonyl (C=O) groups is 1. The van der Waals surface area contributed by atoms with Gasteiger partial charge >= 0.3 is 0 Å². The predicted molar refractivity (Wildman–Crippen MR) is 68.1 cm³/mol. The van der Waals surface area contributed by atoms with Crippen LogP contribution in [0.15, 0.2) is 6.07 Å². The van der Waals surface area contributed by atoms with E-state index in [-0.39, 0.29) is 17.8 Å². The van der Waals surface area contributed by atoms with E-state index < -0.39 is 0 Å². The lowest BCUT2D eigenvalue weighted by atomic mass is 10.1. The van der Waals surface area contributed by atoms with Crippen molar-refractivity contribution in [3.8, 4) is 0 Å². The maximum absolute atomic E-state index is 11.8. The maximum Gasteiger partial charge on any atom is 0.231 e. The first-order chi connectivity index (χ1) is 8.02. The molecule has 1 aromatic rings. The average molecular weight is 257 g/mol. The Hall–Kier alpha value is -1.20. The highest BCUT2D eigenvalue weighted by Crippen LogP contribution is 2.10. The minimum Gasteiger partial charge on any atom is -0.316 e. The molecule has 0 aromatic carbocycles. The summed E-state index contributed by atoms with van der Waals surface area (Å²) in [6.07, 6.45) is 0. The van der Waals surface area contributed by atoms with Gasteiger partial charge in [-0.05, 0) is 19.5 Å². The molecule has 1 rings (SSSR count). The molecule has 0 bridgehead atoms. The van der Waals surface area contributed by atoms with Gasteiger partial charge in [0, 0.05) is 18.2 Å². The highest BCUT2D eigenvalue weighted by Gasteiger charge is 2.13. The molecule has 6 heteroatoms. The number of nitrogens with one attached hydrogen (secondary N) is 2. The van der Waals surface area contributed by atoms with E-state index in [4.69, 9.17) is 11.6 Å². The van der Waals surface area contributed by atoms with Crippen LogP contribution in [0.5, 0.6) is 0 Å². The third kappa shape index (κ3) is 4.66. The molecule has 17 heavy (non-hydrogen) atoms. The smallest absolute Gasteiger partial charge is 0.231 e. The average Bonchev–Trinajstić information content (AvgIpc) is 2.24. The van der Waals surface area contributed by atoms with Gasteiger partial charge in [-0.2, -0.15) is 0 Å². The van der Waals surface area contributed by atoms with Crippen molar-refractivity contribution in [3.63, 3.8) is 0 Å². The van der Waals surface area contributed by atoms with Gasteiger partial charge in [0.2, 0.25) is 11.9 Å². The third-order valence-electron chi connectivity index (χ3n) is 2.21. The van der Waals surface area contributed by atoms with E-state index in [0.717, 1.165) is 12.2 Å². The largest absolute Gasteiger partial charge is 0.316 e. The first-order valence-electron chi connectivity index (χ1n) is 5.55. The quantitative estimate of drug-likeness (QED) is 0.786. The summed E-state index contributed by atoms with van der Waals surface area (Å²) in [7, 11) is 0. The summed E-state index contributed by atoms with van der Waals surface area (Å²) in [4.78, 5) is 19.8. The Morgan fingerprint density at radius 1 is 1.53 bits per heavy atom. The van der Waals surface area contributed by atoms with Crippen molar-refractivity contribution < 1.29 is 4.79 Å². The summed E-state index contributed by atoms with van der Waals surface area (Å²) >= 11 is 5.78. The van der Waals surface area contributed by atoms with Gasteiger partial charge in [0.1, 0.15) is 5.15 Å². The van der Waals surface area contributed by atoms with Crippen LogP contribution in [0.4, 0.5) is 5.95 Å². The molecule has 5 nitrogen and oxygen atoms in total. The second-order valence-electron chi connectivity index (χ2n) is 3.85. The van der Waals surface area contributed by atoms with Crippen LogP contribution in [0.3, 0.4) is 0 Å². The molecule has 0 saturated heterocycles. The topological polar surface area (TPSA) is 66.9 Å². The molecular formula is C11H17ClN4O. The van der Waals surface area contributed by atoms with Gasteiger partial charge in [0.15, 0.2) is 0 Å². The summed E-state index contributed by atoms with van der Waals surface area (Å²) < 4.78 is 0. The normalized spacial score (nSPS) is 12.2. The molecule has 2 N–H and O–H groups in total. The van der Waals surface area contributed by atoms with Gasteiger partial charge in [-0.3, -0.25) is 10.1 Å². The van der Waals surface area contributed by atoms with Gasteiger partial charge in [-0.25, -0.2) is 9.97 Å². The number of hydrogen-bond acceptors (Lipinski definition) is 4. The fraction of sp³-hybridized carbons (Fsp3) is 0.545. The van der Waals surface area contributed by atoms with Crippen molar-refractivity contribution in [1.29, 1.82) is 0 Å². The fourth-order valence-electron chi connectivity index (χ4n) is 1.27. The summed E-state index contributed by atoms with van der Waals surface area (Å²) in [5.74, 6) is -0.00574. The van der Waals surface area contributed by atoms with E-state index in [1.165, 1.54) is 0 Å². The predicted octanol–water partition coefficient (Wildman–Crippen LogP) is 1.62. The molecule has 1 atom stereocenters. The Kier molecular flexibility index (Phi) is 5.31. The van der Waals surface area contributed by atoms with Crippen LogP contribution in [0.1, 0.15) is 19.5 Å². The van der Waals surface area contributed by atoms with Crippen LogP contribution in [-0.2, 0) is 4.79 Å². The van der Waals surface area contributed by atoms with Gasteiger partial charge < -0.3 is 5.32 Å². The lowest BCUT2D eigenvalue weighted by Crippen LogP contribution is -2.30. The number of rotatable bonds is 5. The zero-order chi connectivity index (χ0) is 12.8. The fourth-order valence-corrected chi connectivity index (χ4v) is 1.51. The second kappa shape index (κ2) is 6.51. The zero-order valence-electron chi connectivity index (χ0n) is 10.2. The number of aromatic nitrogens is 2. The Morgan fingerprint density at radius 2 is 2.24 bits per heavy atom. The van der Waals surface area contributed by atoms with Crippen LogP contribution in [0.25, 0.3) is 0 Å². The van der Waals surface area contributed by atoms with Gasteiger partial charge in [0.25, 0.3) is 0 Å². The molecule has 1 unspecified atom stereocenters. The van der Waals surface area contributed by atoms with Crippen molar-refractivity contribution in [2.24, 2.45) is 5.92 Å². The Bertz CT molecular complexity index is 377. The second-order valence-corrected chi connectivity index (χ2v) is 4.24. The summed E-state index contributed by atoms with van der Waals surface area (Å²) in [6.45, 7) is 7.10. The summed E-state index contributed by atoms with van der Waals surface area (Å²) in [5, 5.41) is 6.08. The molecule has 0 spiro atoms. The molecule has 0 saturated carbocycles. The number of nitrogens with zero attached hydrogens (tertiary/aromatic N) is 2. The van der Waals surface area contributed by atoms with E-state index in [0.29, 0.717) is 11.7 Å². The minimum absolute atomic E-state index is 0.118. The molecule has 1 heterocycles. The van der Waals surface area contributed by atoms with E-state index in [9.17, 15) is 4.79 Å². The van der Waals surface area contributed by atoms with Crippen LogP contribution in [0, 0.1) is 12.8 Å². The van der Waals surface area contributed by atoms with Crippen LogP contribution in [-0.4, -0.2) is 29.0 Å². The van der Waals surface area contributed by atoms with Gasteiger partial charge in [-0.1, -0.05) is 25.4 Å². The van der Waals surface area contributed by atoms with Crippen molar-refractivity contribution in [2.45, 2.75) is 20.8 Å². The number of anilines is 1. The number of amides is 1. The first kappa shape index (κ1) is 13.9. The maximum atomic E-state index is 11.8. The highest BCUT2D eigenvalue weighted by atomic mass is 35.5. The molecule has 0 aliphatic rings. The Morgan fingerprint density at radius 3 is 2.82 bits per heavy atom. The van der Waals surface area contributed by atoms with Crippen molar-refractivity contribution in [2.75, 3.05) is 18.4 Å². The first-order valence-corrected chi connectivity index (χ1v) is 5.93. The van der Waals surface area contributed by atoms with E-state index in [1.54, 1.807) is 13.0 Å². The van der Waals surface area contributed by atoms with E-state index >= 15 is 0 Å². The van der Waals surface area contributed by atoms with Crippen molar-refractivity contribution in [3.05, 3.63) is 16.9 Å². The number of aryl methyl sites for hydroxylation is 1. The summed E-state index contributed by atoms with van der Waals surface area (Å²) in [6, 6.07) is 1.64. The third-order valence-corrected chi connectivity index (χ3v) is 2.40. The van der Waals surface area contributed by atoms with Crippen LogP contribution < -0.4 is 10.6 Å². The van der Waals surface area contributed by atoms with Crippen LogP contribution in [0.2, 0.25) is 5.15 Å². The summed E-state index contributed by atoms with van der Waals surface area (Å²) in [5.41, 5.74) is 0.722. The zero-order valence-corrected chi connectivity index (χ0v) is 11.0. The molecule has 94 valence electrons. The van der Waals surface area contributed by atoms with Crippen molar-refractivity contribution in [1.82, 2.24) is 15.3 Å². The molecule has 0 radical (unpaired) electrons. The molecule has 0 fully saturated rings. The SMILES string of the molecule is CCNCC(C)C(=O)Nc1nc(C)cc(Cl)n1. The number of carbonyl (C=O) groups excluding carboxylic acids is 1. The number of hydrogen-bond donors (Lipinski definition) is 2. The lowest BCUT2D eigenvalue weighted by molar-refractivity contribution is -0.119. The number of halogens is 1. The molecular weight excluding hydrogens is 240 g/mol. The van der Waals surface area contributed by atoms with E-state index in [1.807, 2.05) is 13.8 Å². The molecule has 1 amide bonds. The van der Waals surface area contributed by atoms with Gasteiger partial charge in [0.05, 0.1) is 0 Å². The Labute approximate surface area is 106 Å². The van der Waals surface area contributed by atoms with Crippen LogP contribution >= 0.6 is 11.6 Å². The standard InChI is InChI=1S/C11H17ClN4O/c1-4-13-6-7(2)10(17)16-11-14-8(3)5-9(12)15-11/h5,7,13H,4,6H2,1-3H3,(H,14,15,16,17). The van der Waals surface area contributed by atoms with Crippen molar-refractivity contribution >= 4 is 23.5 Å². The Balaban J connectivity index is 2.61.